The average molecular weight is 332 g/mol. The monoisotopic (exact) mass is 332 g/mol. The zero-order chi connectivity index (χ0) is 17.3. The van der Waals surface area contributed by atoms with Crippen LogP contribution in [0, 0.1) is 0 Å². The fraction of sp³-hybridized carbons (Fsp3) is 0.471. The number of nitrogens with zero attached hydrogens (tertiary/aromatic N) is 1. The summed E-state index contributed by atoms with van der Waals surface area (Å²) in [5.74, 6) is 0.282. The van der Waals surface area contributed by atoms with Gasteiger partial charge in [-0.2, -0.15) is 0 Å². The highest BCUT2D eigenvalue weighted by Crippen LogP contribution is 2.32. The van der Waals surface area contributed by atoms with Gasteiger partial charge in [-0.05, 0) is 30.5 Å². The number of imide groups is 1. The Balaban J connectivity index is 1.77. The molecule has 1 aromatic rings. The molecule has 1 aromatic carbocycles. The molecule has 1 atom stereocenters. The number of rotatable bonds is 6. The Hall–Kier alpha value is -2.57. The van der Waals surface area contributed by atoms with Crippen molar-refractivity contribution in [2.75, 3.05) is 14.2 Å². The number of methoxy groups -OCH3 is 2. The first-order valence-electron chi connectivity index (χ1n) is 7.89. The minimum atomic E-state index is -0.683. The van der Waals surface area contributed by atoms with Crippen LogP contribution in [0.4, 0.5) is 0 Å². The highest BCUT2D eigenvalue weighted by atomic mass is 16.5. The SMILES string of the molecule is COc1ccc(CC(=O)N(C2CC2)[C@@H]2CC(=O)NC2=O)cc1OC. The topological polar surface area (TPSA) is 84.9 Å². The lowest BCUT2D eigenvalue weighted by Gasteiger charge is -2.27. The largest absolute Gasteiger partial charge is 0.493 e. The third-order valence-corrected chi connectivity index (χ3v) is 4.31. The van der Waals surface area contributed by atoms with E-state index in [0.717, 1.165) is 18.4 Å². The van der Waals surface area contributed by atoms with E-state index in [1.807, 2.05) is 0 Å². The molecule has 7 heteroatoms. The fourth-order valence-electron chi connectivity index (χ4n) is 3.01. The average Bonchev–Trinajstić information content (AvgIpc) is 3.33. The summed E-state index contributed by atoms with van der Waals surface area (Å²) >= 11 is 0. The van der Waals surface area contributed by atoms with Gasteiger partial charge in [0.1, 0.15) is 6.04 Å². The van der Waals surface area contributed by atoms with Gasteiger partial charge in [-0.1, -0.05) is 6.07 Å². The van der Waals surface area contributed by atoms with Crippen molar-refractivity contribution in [2.45, 2.75) is 37.8 Å². The first-order valence-corrected chi connectivity index (χ1v) is 7.89. The number of carbonyl (C=O) groups excluding carboxylic acids is 3. The molecule has 1 saturated heterocycles. The number of benzene rings is 1. The molecule has 24 heavy (non-hydrogen) atoms. The van der Waals surface area contributed by atoms with Gasteiger partial charge in [0.2, 0.25) is 17.7 Å². The molecule has 1 N–H and O–H groups in total. The van der Waals surface area contributed by atoms with Crippen LogP contribution in [-0.4, -0.2) is 48.9 Å². The highest BCUT2D eigenvalue weighted by molar-refractivity contribution is 6.07. The Morgan fingerprint density at radius 1 is 1.21 bits per heavy atom. The maximum atomic E-state index is 12.7. The van der Waals surface area contributed by atoms with Gasteiger partial charge >= 0.3 is 0 Å². The Morgan fingerprint density at radius 2 is 1.92 bits per heavy atom. The van der Waals surface area contributed by atoms with E-state index in [0.29, 0.717) is 11.5 Å². The summed E-state index contributed by atoms with van der Waals surface area (Å²) < 4.78 is 10.4. The van der Waals surface area contributed by atoms with Gasteiger partial charge in [0, 0.05) is 6.04 Å². The zero-order valence-electron chi connectivity index (χ0n) is 13.7. The van der Waals surface area contributed by atoms with E-state index in [1.165, 1.54) is 7.11 Å². The molecule has 1 aliphatic carbocycles. The molecular formula is C17H20N2O5. The molecule has 0 radical (unpaired) electrons. The number of nitrogens with one attached hydrogen (secondary N) is 1. The van der Waals surface area contributed by atoms with Gasteiger partial charge in [0.15, 0.2) is 11.5 Å². The Bertz CT molecular complexity index is 684. The molecule has 128 valence electrons. The number of carbonyl (C=O) groups is 3. The molecule has 0 bridgehead atoms. The molecule has 7 nitrogen and oxygen atoms in total. The normalized spacial score (nSPS) is 19.8. The second-order valence-electron chi connectivity index (χ2n) is 6.03. The Morgan fingerprint density at radius 3 is 2.46 bits per heavy atom. The van der Waals surface area contributed by atoms with Crippen molar-refractivity contribution in [2.24, 2.45) is 0 Å². The van der Waals surface area contributed by atoms with Crippen LogP contribution in [0.1, 0.15) is 24.8 Å². The summed E-state index contributed by atoms with van der Waals surface area (Å²) in [6.07, 6.45) is 1.94. The lowest BCUT2D eigenvalue weighted by Crippen LogP contribution is -2.46. The quantitative estimate of drug-likeness (QED) is 0.773. The van der Waals surface area contributed by atoms with Crippen LogP contribution in [0.2, 0.25) is 0 Å². The smallest absolute Gasteiger partial charge is 0.249 e. The summed E-state index contributed by atoms with van der Waals surface area (Å²) in [4.78, 5) is 37.7. The van der Waals surface area contributed by atoms with Crippen molar-refractivity contribution < 1.29 is 23.9 Å². The zero-order valence-corrected chi connectivity index (χ0v) is 13.7. The molecular weight excluding hydrogens is 312 g/mol. The van der Waals surface area contributed by atoms with Crippen molar-refractivity contribution in [3.05, 3.63) is 23.8 Å². The van der Waals surface area contributed by atoms with Crippen LogP contribution in [0.25, 0.3) is 0 Å². The predicted molar refractivity (Wildman–Crippen MR) is 84.7 cm³/mol. The highest BCUT2D eigenvalue weighted by Gasteiger charge is 2.44. The number of amides is 3. The van der Waals surface area contributed by atoms with Gasteiger partial charge in [0.25, 0.3) is 0 Å². The maximum absolute atomic E-state index is 12.7. The summed E-state index contributed by atoms with van der Waals surface area (Å²) in [6.45, 7) is 0. The molecule has 3 rings (SSSR count). The third kappa shape index (κ3) is 3.20. The van der Waals surface area contributed by atoms with E-state index in [2.05, 4.69) is 5.32 Å². The lowest BCUT2D eigenvalue weighted by atomic mass is 10.1. The van der Waals surface area contributed by atoms with Crippen molar-refractivity contribution >= 4 is 17.7 Å². The summed E-state index contributed by atoms with van der Waals surface area (Å²) in [6, 6.07) is 4.66. The molecule has 1 heterocycles. The Labute approximate surface area is 139 Å². The van der Waals surface area contributed by atoms with E-state index < -0.39 is 6.04 Å². The Kier molecular flexibility index (Phi) is 4.42. The van der Waals surface area contributed by atoms with E-state index in [9.17, 15) is 14.4 Å². The van der Waals surface area contributed by atoms with Crippen molar-refractivity contribution in [3.8, 4) is 11.5 Å². The first kappa shape index (κ1) is 16.3. The van der Waals surface area contributed by atoms with E-state index in [1.54, 1.807) is 30.2 Å². The van der Waals surface area contributed by atoms with E-state index in [4.69, 9.17) is 9.47 Å². The van der Waals surface area contributed by atoms with Gasteiger partial charge in [-0.3, -0.25) is 19.7 Å². The van der Waals surface area contributed by atoms with Crippen LogP contribution < -0.4 is 14.8 Å². The predicted octanol–water partition coefficient (Wildman–Crippen LogP) is 0.652. The van der Waals surface area contributed by atoms with Crippen LogP contribution in [0.15, 0.2) is 18.2 Å². The second kappa shape index (κ2) is 6.51. The van der Waals surface area contributed by atoms with Crippen LogP contribution in [-0.2, 0) is 20.8 Å². The second-order valence-corrected chi connectivity index (χ2v) is 6.03. The maximum Gasteiger partial charge on any atom is 0.249 e. The van der Waals surface area contributed by atoms with Gasteiger partial charge in [-0.15, -0.1) is 0 Å². The van der Waals surface area contributed by atoms with Crippen LogP contribution in [0.3, 0.4) is 0 Å². The summed E-state index contributed by atoms with van der Waals surface area (Å²) in [5, 5.41) is 2.27. The molecule has 0 aromatic heterocycles. The summed E-state index contributed by atoms with van der Waals surface area (Å²) in [5.41, 5.74) is 0.771. The lowest BCUT2D eigenvalue weighted by molar-refractivity contribution is -0.139. The van der Waals surface area contributed by atoms with E-state index in [-0.39, 0.29) is 36.6 Å². The summed E-state index contributed by atoms with van der Waals surface area (Å²) in [7, 11) is 3.08. The standard InChI is InChI=1S/C17H20N2O5/c1-23-13-6-3-10(7-14(13)24-2)8-16(21)19(11-4-5-11)12-9-15(20)18-17(12)22/h3,6-7,11-12H,4-5,8-9H2,1-2H3,(H,18,20,22)/t12-/m1/s1. The van der Waals surface area contributed by atoms with Crippen LogP contribution in [0.5, 0.6) is 11.5 Å². The van der Waals surface area contributed by atoms with E-state index >= 15 is 0 Å². The van der Waals surface area contributed by atoms with Gasteiger partial charge < -0.3 is 14.4 Å². The molecule has 1 aliphatic heterocycles. The minimum absolute atomic E-state index is 0.0486. The fourth-order valence-corrected chi connectivity index (χ4v) is 3.01. The van der Waals surface area contributed by atoms with Gasteiger partial charge in [0.05, 0.1) is 27.1 Å². The first-order chi connectivity index (χ1) is 11.5. The van der Waals surface area contributed by atoms with Crippen molar-refractivity contribution in [1.29, 1.82) is 0 Å². The van der Waals surface area contributed by atoms with Crippen molar-refractivity contribution in [3.63, 3.8) is 0 Å². The minimum Gasteiger partial charge on any atom is -0.493 e. The van der Waals surface area contributed by atoms with Crippen molar-refractivity contribution in [1.82, 2.24) is 10.2 Å². The molecule has 2 fully saturated rings. The molecule has 0 unspecified atom stereocenters. The number of ether oxygens (including phenoxy) is 2. The molecule has 2 aliphatic rings. The number of hydrogen-bond acceptors (Lipinski definition) is 5. The van der Waals surface area contributed by atoms with Gasteiger partial charge in [-0.25, -0.2) is 0 Å². The molecule has 3 amide bonds. The third-order valence-electron chi connectivity index (χ3n) is 4.31. The van der Waals surface area contributed by atoms with Crippen LogP contribution >= 0.6 is 0 Å². The number of hydrogen-bond donors (Lipinski definition) is 1. The molecule has 1 saturated carbocycles. The molecule has 0 spiro atoms.